The van der Waals surface area contributed by atoms with Gasteiger partial charge in [0.25, 0.3) is 0 Å². The largest absolute Gasteiger partial charge is 0.381 e. The van der Waals surface area contributed by atoms with Crippen LogP contribution in [0.1, 0.15) is 26.7 Å². The summed E-state index contributed by atoms with van der Waals surface area (Å²) in [4.78, 5) is 9.62. The van der Waals surface area contributed by atoms with Crippen molar-refractivity contribution in [3.8, 4) is 0 Å². The second-order valence-electron chi connectivity index (χ2n) is 8.75. The van der Waals surface area contributed by atoms with E-state index in [2.05, 4.69) is 34.0 Å². The van der Waals surface area contributed by atoms with Gasteiger partial charge < -0.3 is 19.7 Å². The lowest BCUT2D eigenvalue weighted by atomic mass is 9.57. The zero-order valence-electron chi connectivity index (χ0n) is 16.4. The Morgan fingerprint density at radius 2 is 1.92 bits per heavy atom. The standard InChI is InChI=1S/C19H34N4O2.HI/c1-19(2)16(15-5-11-25-17(15)19)21-18(20-3)23-8-6-22(7-9-23)12-14-4-10-24-13-14;/h14-17H,4-13H2,1-3H3,(H,20,21);1H. The first-order valence-corrected chi connectivity index (χ1v) is 9.99. The number of hydrogen-bond donors (Lipinski definition) is 1. The van der Waals surface area contributed by atoms with E-state index < -0.39 is 0 Å². The van der Waals surface area contributed by atoms with Crippen LogP contribution in [0.5, 0.6) is 0 Å². The molecule has 0 radical (unpaired) electrons. The third-order valence-electron chi connectivity index (χ3n) is 6.81. The predicted octanol–water partition coefficient (Wildman–Crippen LogP) is 1.65. The molecule has 1 aliphatic carbocycles. The molecule has 6 nitrogen and oxygen atoms in total. The van der Waals surface area contributed by atoms with Crippen LogP contribution < -0.4 is 5.32 Å². The maximum Gasteiger partial charge on any atom is 0.193 e. The third kappa shape index (κ3) is 3.86. The molecule has 4 fully saturated rings. The van der Waals surface area contributed by atoms with Gasteiger partial charge >= 0.3 is 0 Å². The first-order chi connectivity index (χ1) is 12.1. The quantitative estimate of drug-likeness (QED) is 0.380. The fraction of sp³-hybridized carbons (Fsp3) is 0.947. The van der Waals surface area contributed by atoms with Crippen LogP contribution in [0.2, 0.25) is 0 Å². The van der Waals surface area contributed by atoms with E-state index >= 15 is 0 Å². The normalized spacial score (nSPS) is 37.0. The van der Waals surface area contributed by atoms with E-state index in [1.54, 1.807) is 0 Å². The highest BCUT2D eigenvalue weighted by Crippen LogP contribution is 2.52. The van der Waals surface area contributed by atoms with Crippen molar-refractivity contribution in [2.45, 2.75) is 38.8 Å². The highest BCUT2D eigenvalue weighted by molar-refractivity contribution is 14.0. The Bertz CT molecular complexity index is 502. The lowest BCUT2D eigenvalue weighted by molar-refractivity contribution is -0.107. The molecule has 3 saturated heterocycles. The van der Waals surface area contributed by atoms with Crippen LogP contribution in [0.15, 0.2) is 4.99 Å². The maximum atomic E-state index is 5.93. The Labute approximate surface area is 175 Å². The lowest BCUT2D eigenvalue weighted by Crippen LogP contribution is -2.68. The van der Waals surface area contributed by atoms with Crippen molar-refractivity contribution < 1.29 is 9.47 Å². The molecule has 0 amide bonds. The van der Waals surface area contributed by atoms with Gasteiger partial charge in [0.05, 0.1) is 12.7 Å². The number of nitrogens with zero attached hydrogens (tertiary/aromatic N) is 3. The van der Waals surface area contributed by atoms with Gasteiger partial charge in [-0.2, -0.15) is 0 Å². The molecule has 150 valence electrons. The van der Waals surface area contributed by atoms with Crippen LogP contribution in [0.4, 0.5) is 0 Å². The van der Waals surface area contributed by atoms with Crippen LogP contribution in [-0.4, -0.2) is 87.5 Å². The molecule has 0 bridgehead atoms. The highest BCUT2D eigenvalue weighted by Gasteiger charge is 2.59. The van der Waals surface area contributed by atoms with E-state index in [4.69, 9.17) is 9.47 Å². The van der Waals surface area contributed by atoms with E-state index in [9.17, 15) is 0 Å². The van der Waals surface area contributed by atoms with Crippen molar-refractivity contribution in [3.05, 3.63) is 0 Å². The second kappa shape index (κ2) is 8.49. The monoisotopic (exact) mass is 478 g/mol. The van der Waals surface area contributed by atoms with Gasteiger partial charge in [-0.15, -0.1) is 24.0 Å². The number of aliphatic imine (C=N–C) groups is 1. The Morgan fingerprint density at radius 1 is 1.15 bits per heavy atom. The van der Waals surface area contributed by atoms with E-state index in [0.29, 0.717) is 18.1 Å². The summed E-state index contributed by atoms with van der Waals surface area (Å²) in [6.07, 6.45) is 2.83. The van der Waals surface area contributed by atoms with Gasteiger partial charge in [0, 0.05) is 70.4 Å². The molecule has 4 unspecified atom stereocenters. The number of nitrogens with one attached hydrogen (secondary N) is 1. The van der Waals surface area contributed by atoms with Crippen LogP contribution in [0.25, 0.3) is 0 Å². The SMILES string of the molecule is CN=C(NC1C2CCOC2C1(C)C)N1CCN(CC2CCOC2)CC1.I. The van der Waals surface area contributed by atoms with E-state index in [1.807, 2.05) is 7.05 Å². The van der Waals surface area contributed by atoms with Gasteiger partial charge in [0.15, 0.2) is 5.96 Å². The van der Waals surface area contributed by atoms with Crippen molar-refractivity contribution in [1.29, 1.82) is 0 Å². The summed E-state index contributed by atoms with van der Waals surface area (Å²) in [5.41, 5.74) is 0.196. The van der Waals surface area contributed by atoms with E-state index in [-0.39, 0.29) is 29.4 Å². The van der Waals surface area contributed by atoms with Crippen LogP contribution in [-0.2, 0) is 9.47 Å². The number of ether oxygens (including phenoxy) is 2. The molecule has 26 heavy (non-hydrogen) atoms. The summed E-state index contributed by atoms with van der Waals surface area (Å²) in [7, 11) is 1.92. The van der Waals surface area contributed by atoms with Crippen molar-refractivity contribution in [1.82, 2.24) is 15.1 Å². The molecule has 4 aliphatic rings. The molecule has 7 heteroatoms. The topological polar surface area (TPSA) is 49.3 Å². The van der Waals surface area contributed by atoms with Crippen molar-refractivity contribution >= 4 is 29.9 Å². The first kappa shape index (κ1) is 20.6. The van der Waals surface area contributed by atoms with Gasteiger partial charge in [-0.25, -0.2) is 0 Å². The molecular formula is C19H35IN4O2. The zero-order chi connectivity index (χ0) is 17.4. The number of piperazine rings is 1. The molecular weight excluding hydrogens is 443 g/mol. The molecule has 0 aromatic heterocycles. The van der Waals surface area contributed by atoms with E-state index in [1.165, 1.54) is 19.4 Å². The van der Waals surface area contributed by atoms with Gasteiger partial charge in [-0.3, -0.25) is 9.89 Å². The summed E-state index contributed by atoms with van der Waals surface area (Å²) in [5.74, 6) is 2.46. The minimum Gasteiger partial charge on any atom is -0.381 e. The fourth-order valence-corrected chi connectivity index (χ4v) is 5.29. The summed E-state index contributed by atoms with van der Waals surface area (Å²) >= 11 is 0. The maximum absolute atomic E-state index is 5.93. The number of fused-ring (bicyclic) bond motifs is 1. The Hall–Kier alpha value is -0.120. The highest BCUT2D eigenvalue weighted by atomic mass is 127. The molecule has 0 spiro atoms. The molecule has 4 rings (SSSR count). The number of guanidine groups is 1. The Kier molecular flexibility index (Phi) is 6.73. The van der Waals surface area contributed by atoms with Crippen LogP contribution in [0.3, 0.4) is 0 Å². The molecule has 3 aliphatic heterocycles. The van der Waals surface area contributed by atoms with Gasteiger partial charge in [0.1, 0.15) is 0 Å². The predicted molar refractivity (Wildman–Crippen MR) is 114 cm³/mol. The molecule has 1 saturated carbocycles. The summed E-state index contributed by atoms with van der Waals surface area (Å²) in [6.45, 7) is 13.0. The van der Waals surface area contributed by atoms with Crippen molar-refractivity contribution in [3.63, 3.8) is 0 Å². The molecule has 0 aromatic carbocycles. The molecule has 3 heterocycles. The average Bonchev–Trinajstić information content (AvgIpc) is 3.27. The smallest absolute Gasteiger partial charge is 0.193 e. The lowest BCUT2D eigenvalue weighted by Gasteiger charge is -2.55. The van der Waals surface area contributed by atoms with Crippen LogP contribution in [0, 0.1) is 17.3 Å². The van der Waals surface area contributed by atoms with Crippen molar-refractivity contribution in [2.75, 3.05) is 59.6 Å². The summed E-state index contributed by atoms with van der Waals surface area (Å²) in [6, 6.07) is 0.479. The van der Waals surface area contributed by atoms with Gasteiger partial charge in [0.2, 0.25) is 0 Å². The number of halogens is 1. The average molecular weight is 478 g/mol. The van der Waals surface area contributed by atoms with Crippen molar-refractivity contribution in [2.24, 2.45) is 22.2 Å². The molecule has 1 N–H and O–H groups in total. The van der Waals surface area contributed by atoms with Gasteiger partial charge in [-0.05, 0) is 18.8 Å². The fourth-order valence-electron chi connectivity index (χ4n) is 5.29. The minimum atomic E-state index is 0. The number of rotatable bonds is 3. The first-order valence-electron chi connectivity index (χ1n) is 9.99. The minimum absolute atomic E-state index is 0. The van der Waals surface area contributed by atoms with E-state index in [0.717, 1.165) is 57.9 Å². The summed E-state index contributed by atoms with van der Waals surface area (Å²) < 4.78 is 11.4. The zero-order valence-corrected chi connectivity index (χ0v) is 18.8. The summed E-state index contributed by atoms with van der Waals surface area (Å²) in [5, 5.41) is 3.78. The Morgan fingerprint density at radius 3 is 2.58 bits per heavy atom. The van der Waals surface area contributed by atoms with Crippen LogP contribution >= 0.6 is 24.0 Å². The Balaban J connectivity index is 0.00000196. The third-order valence-corrected chi connectivity index (χ3v) is 6.81. The molecule has 4 atom stereocenters. The van der Waals surface area contributed by atoms with Gasteiger partial charge in [-0.1, -0.05) is 13.8 Å². The number of hydrogen-bond acceptors (Lipinski definition) is 4. The second-order valence-corrected chi connectivity index (χ2v) is 8.75. The molecule has 0 aromatic rings.